The van der Waals surface area contributed by atoms with E-state index < -0.39 is 11.0 Å². The van der Waals surface area contributed by atoms with Crippen molar-refractivity contribution in [1.29, 1.82) is 0 Å². The zero-order chi connectivity index (χ0) is 13.9. The highest BCUT2D eigenvalue weighted by Crippen LogP contribution is 2.27. The number of anilines is 1. The van der Waals surface area contributed by atoms with E-state index in [2.05, 4.69) is 21.2 Å². The molecule has 0 spiro atoms. The van der Waals surface area contributed by atoms with Gasteiger partial charge in [-0.05, 0) is 28.9 Å². The highest BCUT2D eigenvalue weighted by molar-refractivity contribution is 9.10. The molecule has 0 aliphatic rings. The summed E-state index contributed by atoms with van der Waals surface area (Å²) in [6, 6.07) is 3.95. The Morgan fingerprint density at radius 1 is 1.50 bits per heavy atom. The topological polar surface area (TPSA) is 75.5 Å². The van der Waals surface area contributed by atoms with Crippen molar-refractivity contribution in [3.05, 3.63) is 32.8 Å². The van der Waals surface area contributed by atoms with Gasteiger partial charge in [0.15, 0.2) is 0 Å². The third-order valence-electron chi connectivity index (χ3n) is 2.35. The van der Waals surface area contributed by atoms with Crippen LogP contribution in [0.3, 0.4) is 0 Å². The summed E-state index contributed by atoms with van der Waals surface area (Å²) in [5.74, 6) is -0.0692. The van der Waals surface area contributed by atoms with Crippen molar-refractivity contribution in [3.8, 4) is 0 Å². The van der Waals surface area contributed by atoms with Crippen LogP contribution in [0.25, 0.3) is 0 Å². The molecule has 0 saturated carbocycles. The van der Waals surface area contributed by atoms with E-state index in [0.29, 0.717) is 10.2 Å². The molecule has 0 bridgehead atoms. The van der Waals surface area contributed by atoms with Gasteiger partial charge in [0, 0.05) is 36.4 Å². The Balaban J connectivity index is 2.86. The molecule has 0 heterocycles. The molecule has 1 aromatic carbocycles. The van der Waals surface area contributed by atoms with Gasteiger partial charge in [-0.15, -0.1) is 0 Å². The Bertz CT molecular complexity index is 477. The fourth-order valence-electron chi connectivity index (χ4n) is 1.42. The summed E-state index contributed by atoms with van der Waals surface area (Å²) in [4.78, 5) is 23.3. The molecule has 1 aromatic rings. The number of carbonyl (C=O) groups is 1. The highest BCUT2D eigenvalue weighted by Gasteiger charge is 2.16. The fraction of sp³-hybridized carbons (Fsp3) is 0.364. The maximum Gasteiger partial charge on any atom is 0.270 e. The van der Waals surface area contributed by atoms with Crippen LogP contribution >= 0.6 is 15.9 Å². The first kappa shape index (κ1) is 14.4. The third kappa shape index (κ3) is 3.43. The van der Waals surface area contributed by atoms with E-state index in [9.17, 15) is 14.9 Å². The number of amides is 1. The lowest BCUT2D eigenvalue weighted by atomic mass is 10.2. The normalized spacial score (nSPS) is 11.8. The van der Waals surface area contributed by atoms with Gasteiger partial charge < -0.3 is 10.2 Å². The van der Waals surface area contributed by atoms with Crippen LogP contribution in [0.2, 0.25) is 0 Å². The van der Waals surface area contributed by atoms with E-state index in [0.717, 1.165) is 0 Å². The van der Waals surface area contributed by atoms with Crippen molar-refractivity contribution in [2.45, 2.75) is 13.0 Å². The van der Waals surface area contributed by atoms with Crippen LogP contribution in [0.4, 0.5) is 11.4 Å². The minimum absolute atomic E-state index is 0.000913. The molecule has 0 saturated heterocycles. The second-order valence-corrected chi connectivity index (χ2v) is 4.87. The molecular formula is C11H14BrN3O3. The molecule has 98 valence electrons. The Morgan fingerprint density at radius 3 is 2.56 bits per heavy atom. The zero-order valence-corrected chi connectivity index (χ0v) is 11.9. The summed E-state index contributed by atoms with van der Waals surface area (Å²) < 4.78 is 0.551. The number of rotatable bonds is 4. The quantitative estimate of drug-likeness (QED) is 0.683. The summed E-state index contributed by atoms with van der Waals surface area (Å²) >= 11 is 3.24. The SMILES string of the molecule is CC(Nc1ccc([N+](=O)[O-])cc1Br)C(=O)N(C)C. The van der Waals surface area contributed by atoms with Crippen molar-refractivity contribution >= 4 is 33.2 Å². The first-order valence-corrected chi connectivity index (χ1v) is 6.04. The van der Waals surface area contributed by atoms with Crippen LogP contribution in [-0.4, -0.2) is 35.9 Å². The standard InChI is InChI=1S/C11H14BrN3O3/c1-7(11(16)14(2)3)13-10-5-4-8(15(17)18)6-9(10)12/h4-7,13H,1-3H3. The summed E-state index contributed by atoms with van der Waals surface area (Å²) in [7, 11) is 3.34. The first-order chi connectivity index (χ1) is 8.32. The molecule has 1 amide bonds. The highest BCUT2D eigenvalue weighted by atomic mass is 79.9. The number of hydrogen-bond acceptors (Lipinski definition) is 4. The van der Waals surface area contributed by atoms with Crippen molar-refractivity contribution in [1.82, 2.24) is 4.90 Å². The fourth-order valence-corrected chi connectivity index (χ4v) is 1.90. The molecule has 18 heavy (non-hydrogen) atoms. The second kappa shape index (κ2) is 5.81. The molecule has 0 aliphatic carbocycles. The lowest BCUT2D eigenvalue weighted by molar-refractivity contribution is -0.384. The Hall–Kier alpha value is -1.63. The van der Waals surface area contributed by atoms with E-state index in [-0.39, 0.29) is 11.6 Å². The van der Waals surface area contributed by atoms with Gasteiger partial charge in [-0.2, -0.15) is 0 Å². The summed E-state index contributed by atoms with van der Waals surface area (Å²) in [6.07, 6.45) is 0. The van der Waals surface area contributed by atoms with Gasteiger partial charge >= 0.3 is 0 Å². The van der Waals surface area contributed by atoms with Crippen LogP contribution in [-0.2, 0) is 4.79 Å². The average molecular weight is 316 g/mol. The molecule has 0 fully saturated rings. The number of nitrogens with one attached hydrogen (secondary N) is 1. The molecule has 1 N–H and O–H groups in total. The number of hydrogen-bond donors (Lipinski definition) is 1. The predicted molar refractivity (Wildman–Crippen MR) is 72.6 cm³/mol. The van der Waals surface area contributed by atoms with Gasteiger partial charge in [0.2, 0.25) is 5.91 Å². The largest absolute Gasteiger partial charge is 0.373 e. The first-order valence-electron chi connectivity index (χ1n) is 5.24. The van der Waals surface area contributed by atoms with Gasteiger partial charge in [0.1, 0.15) is 6.04 Å². The van der Waals surface area contributed by atoms with E-state index >= 15 is 0 Å². The molecule has 0 aromatic heterocycles. The van der Waals surface area contributed by atoms with Crippen molar-refractivity contribution in [3.63, 3.8) is 0 Å². The number of benzene rings is 1. The second-order valence-electron chi connectivity index (χ2n) is 4.02. The number of likely N-dealkylation sites (N-methyl/N-ethyl adjacent to an activating group) is 1. The summed E-state index contributed by atoms with van der Waals surface area (Å²) in [6.45, 7) is 1.73. The van der Waals surface area contributed by atoms with Crippen molar-refractivity contribution in [2.75, 3.05) is 19.4 Å². The summed E-state index contributed by atoms with van der Waals surface area (Å²) in [5.41, 5.74) is 0.641. The van der Waals surface area contributed by atoms with Gasteiger partial charge in [0.25, 0.3) is 5.69 Å². The number of nitro groups is 1. The van der Waals surface area contributed by atoms with Gasteiger partial charge in [-0.1, -0.05) is 0 Å². The molecule has 1 unspecified atom stereocenters. The van der Waals surface area contributed by atoms with Gasteiger partial charge in [0.05, 0.1) is 4.92 Å². The lowest BCUT2D eigenvalue weighted by Crippen LogP contribution is -2.36. The smallest absolute Gasteiger partial charge is 0.270 e. The number of carbonyl (C=O) groups excluding carboxylic acids is 1. The van der Waals surface area contributed by atoms with E-state index in [1.165, 1.54) is 17.0 Å². The van der Waals surface area contributed by atoms with E-state index in [1.54, 1.807) is 27.1 Å². The Labute approximate surface area is 113 Å². The lowest BCUT2D eigenvalue weighted by Gasteiger charge is -2.19. The molecule has 0 radical (unpaired) electrons. The van der Waals surface area contributed by atoms with Crippen LogP contribution in [0.1, 0.15) is 6.92 Å². The molecule has 0 aliphatic heterocycles. The molecular weight excluding hydrogens is 302 g/mol. The number of nitrogens with zero attached hydrogens (tertiary/aromatic N) is 2. The van der Waals surface area contributed by atoms with E-state index in [4.69, 9.17) is 0 Å². The van der Waals surface area contributed by atoms with Crippen LogP contribution < -0.4 is 5.32 Å². The summed E-state index contributed by atoms with van der Waals surface area (Å²) in [5, 5.41) is 13.6. The number of nitro benzene ring substituents is 1. The Morgan fingerprint density at radius 2 is 2.11 bits per heavy atom. The molecule has 6 nitrogen and oxygen atoms in total. The maximum atomic E-state index is 11.7. The predicted octanol–water partition coefficient (Wildman–Crippen LogP) is 2.25. The van der Waals surface area contributed by atoms with E-state index in [1.807, 2.05) is 0 Å². The number of halogens is 1. The van der Waals surface area contributed by atoms with Crippen LogP contribution in [0.5, 0.6) is 0 Å². The maximum absolute atomic E-state index is 11.7. The van der Waals surface area contributed by atoms with Gasteiger partial charge in [-0.3, -0.25) is 14.9 Å². The van der Waals surface area contributed by atoms with Crippen LogP contribution in [0.15, 0.2) is 22.7 Å². The van der Waals surface area contributed by atoms with Crippen molar-refractivity contribution in [2.24, 2.45) is 0 Å². The van der Waals surface area contributed by atoms with Crippen molar-refractivity contribution < 1.29 is 9.72 Å². The monoisotopic (exact) mass is 315 g/mol. The minimum Gasteiger partial charge on any atom is -0.373 e. The third-order valence-corrected chi connectivity index (χ3v) is 3.00. The average Bonchev–Trinajstić information content (AvgIpc) is 2.30. The number of non-ortho nitro benzene ring substituents is 1. The van der Waals surface area contributed by atoms with Crippen LogP contribution in [0, 0.1) is 10.1 Å². The zero-order valence-electron chi connectivity index (χ0n) is 10.3. The molecule has 1 rings (SSSR count). The minimum atomic E-state index is -0.469. The molecule has 1 atom stereocenters. The molecule has 7 heteroatoms. The Kier molecular flexibility index (Phi) is 4.66. The van der Waals surface area contributed by atoms with Gasteiger partial charge in [-0.25, -0.2) is 0 Å².